The fourth-order valence-corrected chi connectivity index (χ4v) is 4.70. The van der Waals surface area contributed by atoms with Crippen molar-refractivity contribution in [2.75, 3.05) is 6.61 Å². The van der Waals surface area contributed by atoms with Gasteiger partial charge in [0.1, 0.15) is 5.75 Å². The second kappa shape index (κ2) is 7.68. The summed E-state index contributed by atoms with van der Waals surface area (Å²) >= 11 is 0. The fraction of sp³-hybridized carbons (Fsp3) is 0.316. The molecule has 29 heavy (non-hydrogen) atoms. The minimum atomic E-state index is -4.89. The molecule has 0 radical (unpaired) electrons. The van der Waals surface area contributed by atoms with Crippen molar-refractivity contribution in [3.8, 4) is 5.75 Å². The van der Waals surface area contributed by atoms with Gasteiger partial charge in [-0.15, -0.1) is 13.2 Å². The molecule has 0 saturated heterocycles. The maximum Gasteiger partial charge on any atom is 0.573 e. The normalized spacial score (nSPS) is 18.9. The largest absolute Gasteiger partial charge is 0.573 e. The molecule has 0 unspecified atom stereocenters. The molecule has 0 amide bonds. The maximum atomic E-state index is 12.9. The van der Waals surface area contributed by atoms with Crippen LogP contribution in [0.25, 0.3) is 0 Å². The van der Waals surface area contributed by atoms with Crippen molar-refractivity contribution in [3.05, 3.63) is 59.7 Å². The molecule has 6 nitrogen and oxygen atoms in total. The molecule has 0 heterocycles. The molecule has 0 saturated carbocycles. The minimum absolute atomic E-state index is 0.0634. The zero-order valence-electron chi connectivity index (χ0n) is 15.3. The van der Waals surface area contributed by atoms with Crippen LogP contribution in [0.2, 0.25) is 0 Å². The topological polar surface area (TPSA) is 81.7 Å². The van der Waals surface area contributed by atoms with Gasteiger partial charge in [0.25, 0.3) is 0 Å². The predicted molar refractivity (Wildman–Crippen MR) is 96.5 cm³/mol. The third kappa shape index (κ3) is 4.38. The fourth-order valence-electron chi connectivity index (χ4n) is 3.33. The summed E-state index contributed by atoms with van der Waals surface area (Å²) < 4.78 is 74.0. The highest BCUT2D eigenvalue weighted by Crippen LogP contribution is 2.39. The van der Waals surface area contributed by atoms with Crippen LogP contribution in [-0.2, 0) is 31.5 Å². The molecular weight excluding hydrogens is 411 g/mol. The van der Waals surface area contributed by atoms with E-state index in [9.17, 15) is 26.4 Å². The molecule has 0 aliphatic heterocycles. The Morgan fingerprint density at radius 2 is 1.79 bits per heavy atom. The number of hydrogen-bond donors (Lipinski definition) is 1. The van der Waals surface area contributed by atoms with Gasteiger partial charge in [-0.1, -0.05) is 24.3 Å². The van der Waals surface area contributed by atoms with Gasteiger partial charge in [0.05, 0.1) is 11.5 Å². The molecule has 3 rings (SSSR count). The Labute approximate surface area is 165 Å². The van der Waals surface area contributed by atoms with E-state index in [1.54, 1.807) is 31.2 Å². The molecule has 1 atom stereocenters. The molecule has 0 fully saturated rings. The van der Waals surface area contributed by atoms with Gasteiger partial charge in [-0.25, -0.2) is 13.2 Å². The third-order valence-electron chi connectivity index (χ3n) is 4.55. The van der Waals surface area contributed by atoms with E-state index in [-0.39, 0.29) is 17.9 Å². The van der Waals surface area contributed by atoms with Crippen molar-refractivity contribution in [3.63, 3.8) is 0 Å². The Morgan fingerprint density at radius 3 is 2.41 bits per heavy atom. The van der Waals surface area contributed by atoms with Gasteiger partial charge in [0, 0.05) is 0 Å². The summed E-state index contributed by atoms with van der Waals surface area (Å²) in [4.78, 5) is 12.5. The van der Waals surface area contributed by atoms with Gasteiger partial charge >= 0.3 is 12.3 Å². The van der Waals surface area contributed by atoms with Gasteiger partial charge in [0.15, 0.2) is 5.54 Å². The third-order valence-corrected chi connectivity index (χ3v) is 6.06. The van der Waals surface area contributed by atoms with Crippen LogP contribution in [0.4, 0.5) is 13.2 Å². The highest BCUT2D eigenvalue weighted by atomic mass is 32.2. The number of alkyl halides is 3. The smallest absolute Gasteiger partial charge is 0.464 e. The number of ether oxygens (including phenoxy) is 2. The Kier molecular flexibility index (Phi) is 5.59. The molecular formula is C19H18F3NO5S. The Hall–Kier alpha value is -2.59. The van der Waals surface area contributed by atoms with Gasteiger partial charge < -0.3 is 9.47 Å². The second-order valence-electron chi connectivity index (χ2n) is 6.41. The van der Waals surface area contributed by atoms with Gasteiger partial charge in [-0.2, -0.15) is 4.72 Å². The molecule has 2 aromatic rings. The van der Waals surface area contributed by atoms with Crippen molar-refractivity contribution in [1.82, 2.24) is 4.72 Å². The number of carbonyl (C=O) groups excluding carboxylic acids is 1. The molecule has 1 aliphatic carbocycles. The Morgan fingerprint density at radius 1 is 1.14 bits per heavy atom. The van der Waals surface area contributed by atoms with Crippen molar-refractivity contribution < 1.29 is 35.9 Å². The number of hydrogen-bond acceptors (Lipinski definition) is 5. The summed E-state index contributed by atoms with van der Waals surface area (Å²) in [5.41, 5.74) is -0.289. The summed E-state index contributed by atoms with van der Waals surface area (Å²) in [7, 11) is -4.26. The first-order valence-electron chi connectivity index (χ1n) is 8.73. The zero-order valence-corrected chi connectivity index (χ0v) is 16.1. The van der Waals surface area contributed by atoms with Gasteiger partial charge in [0.2, 0.25) is 10.0 Å². The van der Waals surface area contributed by atoms with Crippen LogP contribution in [0.1, 0.15) is 24.5 Å². The molecule has 1 N–H and O–H groups in total. The van der Waals surface area contributed by atoms with Crippen LogP contribution in [0, 0.1) is 0 Å². The molecule has 1 aliphatic rings. The molecule has 2 aromatic carbocycles. The summed E-state index contributed by atoms with van der Waals surface area (Å²) in [5.74, 6) is -1.28. The predicted octanol–water partition coefficient (Wildman–Crippen LogP) is 3.27. The zero-order chi connectivity index (χ0) is 21.3. The molecule has 0 aromatic heterocycles. The number of nitrogens with one attached hydrogen (secondary N) is 1. The molecule has 156 valence electrons. The average Bonchev–Trinajstić information content (AvgIpc) is 3.00. The quantitative estimate of drug-likeness (QED) is 0.713. The van der Waals surface area contributed by atoms with Gasteiger partial charge in [-0.3, -0.25) is 0 Å². The first-order valence-corrected chi connectivity index (χ1v) is 10.2. The number of sulfonamides is 1. The minimum Gasteiger partial charge on any atom is -0.464 e. The summed E-state index contributed by atoms with van der Waals surface area (Å²) in [6.45, 7) is 1.67. The van der Waals surface area contributed by atoms with Crippen LogP contribution in [0.15, 0.2) is 53.4 Å². The van der Waals surface area contributed by atoms with Crippen LogP contribution in [0.5, 0.6) is 5.75 Å². The SMILES string of the molecule is CCOC(=O)[C@@]1(NS(=O)(=O)c2ccc(OC(F)(F)F)cc2)CCc2ccccc21. The Bertz CT molecular complexity index is 1010. The van der Waals surface area contributed by atoms with E-state index in [4.69, 9.17) is 4.74 Å². The number of aryl methyl sites for hydroxylation is 1. The van der Waals surface area contributed by atoms with E-state index in [0.717, 1.165) is 29.8 Å². The number of fused-ring (bicyclic) bond motifs is 1. The second-order valence-corrected chi connectivity index (χ2v) is 8.09. The van der Waals surface area contributed by atoms with E-state index in [1.807, 2.05) is 0 Å². The molecule has 10 heteroatoms. The van der Waals surface area contributed by atoms with Crippen LogP contribution in [0.3, 0.4) is 0 Å². The number of rotatable bonds is 6. The lowest BCUT2D eigenvalue weighted by atomic mass is 9.93. The Balaban J connectivity index is 1.95. The van der Waals surface area contributed by atoms with E-state index in [1.165, 1.54) is 0 Å². The van der Waals surface area contributed by atoms with Crippen molar-refractivity contribution in [2.45, 2.75) is 36.6 Å². The first kappa shape index (κ1) is 21.1. The molecule has 0 spiro atoms. The van der Waals surface area contributed by atoms with E-state index in [0.29, 0.717) is 12.0 Å². The highest BCUT2D eigenvalue weighted by Gasteiger charge is 2.49. The van der Waals surface area contributed by atoms with Crippen molar-refractivity contribution in [1.29, 1.82) is 0 Å². The maximum absolute atomic E-state index is 12.9. The number of benzene rings is 2. The summed E-state index contributed by atoms with van der Waals surface area (Å²) in [6, 6.07) is 10.7. The number of esters is 1. The lowest BCUT2D eigenvalue weighted by Gasteiger charge is -2.29. The van der Waals surface area contributed by atoms with E-state index in [2.05, 4.69) is 9.46 Å². The van der Waals surface area contributed by atoms with Crippen LogP contribution < -0.4 is 9.46 Å². The van der Waals surface area contributed by atoms with Crippen LogP contribution >= 0.6 is 0 Å². The average molecular weight is 429 g/mol. The standard InChI is InChI=1S/C19H18F3NO5S/c1-2-27-17(24)18(12-11-13-5-3-4-6-16(13)18)23-29(25,26)15-9-7-14(8-10-15)28-19(20,21)22/h3-10,23H,2,11-12H2,1H3/t18-/m1/s1. The van der Waals surface area contributed by atoms with E-state index >= 15 is 0 Å². The van der Waals surface area contributed by atoms with Gasteiger partial charge in [-0.05, 0) is 55.2 Å². The summed E-state index contributed by atoms with van der Waals surface area (Å²) in [6.07, 6.45) is -4.25. The number of halogens is 3. The summed E-state index contributed by atoms with van der Waals surface area (Å²) in [5, 5.41) is 0. The van der Waals surface area contributed by atoms with Crippen molar-refractivity contribution in [2.24, 2.45) is 0 Å². The van der Waals surface area contributed by atoms with Crippen LogP contribution in [-0.4, -0.2) is 27.4 Å². The first-order chi connectivity index (χ1) is 13.6. The monoisotopic (exact) mass is 429 g/mol. The lowest BCUT2D eigenvalue weighted by Crippen LogP contribution is -2.51. The van der Waals surface area contributed by atoms with Crippen molar-refractivity contribution >= 4 is 16.0 Å². The lowest BCUT2D eigenvalue weighted by molar-refractivity contribution is -0.274. The molecule has 0 bridgehead atoms. The number of carbonyl (C=O) groups is 1. The highest BCUT2D eigenvalue weighted by molar-refractivity contribution is 7.89. The van der Waals surface area contributed by atoms with E-state index < -0.39 is 33.6 Å².